The summed E-state index contributed by atoms with van der Waals surface area (Å²) < 4.78 is 0. The minimum atomic E-state index is -0.144. The summed E-state index contributed by atoms with van der Waals surface area (Å²) in [5.41, 5.74) is 3.72. The zero-order valence-electron chi connectivity index (χ0n) is 14.5. The number of fused-ring (bicyclic) bond motifs is 1. The molecule has 0 spiro atoms. The minimum Gasteiger partial charge on any atom is -0.379 e. The van der Waals surface area contributed by atoms with Crippen molar-refractivity contribution in [3.63, 3.8) is 0 Å². The van der Waals surface area contributed by atoms with Gasteiger partial charge < -0.3 is 9.80 Å². The highest BCUT2D eigenvalue weighted by atomic mass is 35.5. The van der Waals surface area contributed by atoms with E-state index in [-0.39, 0.29) is 5.91 Å². The maximum atomic E-state index is 12.9. The average molecular weight is 354 g/mol. The number of carbonyl (C=O) groups excluding carboxylic acids is 1. The molecule has 0 saturated heterocycles. The van der Waals surface area contributed by atoms with Gasteiger partial charge in [0.1, 0.15) is 5.70 Å². The highest BCUT2D eigenvalue weighted by Crippen LogP contribution is 2.31. The van der Waals surface area contributed by atoms with Crippen molar-refractivity contribution in [2.75, 3.05) is 25.5 Å². The third-order valence-electron chi connectivity index (χ3n) is 4.22. The summed E-state index contributed by atoms with van der Waals surface area (Å²) in [5, 5.41) is 0.612. The molecule has 2 aromatic carbocycles. The number of hydrogen-bond acceptors (Lipinski definition) is 3. The van der Waals surface area contributed by atoms with Crippen molar-refractivity contribution in [3.8, 4) is 0 Å². The van der Waals surface area contributed by atoms with Crippen LogP contribution >= 0.6 is 11.6 Å². The number of nitrogens with zero attached hydrogens (tertiary/aromatic N) is 3. The largest absolute Gasteiger partial charge is 0.379 e. The molecule has 1 aliphatic rings. The van der Waals surface area contributed by atoms with Gasteiger partial charge in [-0.25, -0.2) is 4.99 Å². The fourth-order valence-electron chi connectivity index (χ4n) is 2.70. The van der Waals surface area contributed by atoms with Gasteiger partial charge in [-0.2, -0.15) is 0 Å². The van der Waals surface area contributed by atoms with Gasteiger partial charge in [-0.05, 0) is 25.1 Å². The molecule has 0 saturated carbocycles. The van der Waals surface area contributed by atoms with Crippen molar-refractivity contribution in [2.24, 2.45) is 4.99 Å². The number of halogens is 1. The van der Waals surface area contributed by atoms with E-state index in [9.17, 15) is 4.79 Å². The number of amides is 1. The molecule has 1 amide bonds. The lowest BCUT2D eigenvalue weighted by atomic mass is 10.0. The number of benzene rings is 2. The predicted molar refractivity (Wildman–Crippen MR) is 103 cm³/mol. The Morgan fingerprint density at radius 1 is 1.20 bits per heavy atom. The number of hydrogen-bond donors (Lipinski definition) is 0. The van der Waals surface area contributed by atoms with E-state index in [1.807, 2.05) is 61.3 Å². The standard InChI is InChI=1S/C20H20ClN3O/c1-4-23(2)13-17-20(25)24(3)18-11-10-15(21)12-16(18)19(22-17)14-8-6-5-7-9-14/h5-13H,4H2,1-3H3. The number of rotatable bonds is 3. The molecule has 2 aromatic rings. The topological polar surface area (TPSA) is 35.9 Å². The van der Waals surface area contributed by atoms with Gasteiger partial charge in [0.25, 0.3) is 5.91 Å². The van der Waals surface area contributed by atoms with E-state index < -0.39 is 0 Å². The molecule has 0 radical (unpaired) electrons. The summed E-state index contributed by atoms with van der Waals surface area (Å²) in [4.78, 5) is 21.2. The highest BCUT2D eigenvalue weighted by Gasteiger charge is 2.26. The molecule has 3 rings (SSSR count). The van der Waals surface area contributed by atoms with Crippen LogP contribution in [0.5, 0.6) is 0 Å². The zero-order chi connectivity index (χ0) is 18.0. The van der Waals surface area contributed by atoms with Crippen LogP contribution in [-0.4, -0.2) is 37.2 Å². The Labute approximate surface area is 153 Å². The van der Waals surface area contributed by atoms with Crippen molar-refractivity contribution >= 4 is 28.9 Å². The SMILES string of the molecule is CCN(C)C=C1N=C(c2ccccc2)c2cc(Cl)ccc2N(C)C1=O. The van der Waals surface area contributed by atoms with E-state index >= 15 is 0 Å². The first kappa shape index (κ1) is 17.2. The summed E-state index contributed by atoms with van der Waals surface area (Å²) in [5.74, 6) is -0.144. The van der Waals surface area contributed by atoms with Crippen LogP contribution in [0.1, 0.15) is 18.1 Å². The van der Waals surface area contributed by atoms with Crippen molar-refractivity contribution in [3.05, 3.63) is 76.6 Å². The summed E-state index contributed by atoms with van der Waals surface area (Å²) in [6.45, 7) is 2.81. The second-order valence-corrected chi connectivity index (χ2v) is 6.38. The molecule has 0 aromatic heterocycles. The third-order valence-corrected chi connectivity index (χ3v) is 4.45. The Hall–Kier alpha value is -2.59. The first-order chi connectivity index (χ1) is 12.0. The maximum absolute atomic E-state index is 12.9. The smallest absolute Gasteiger partial charge is 0.278 e. The predicted octanol–water partition coefficient (Wildman–Crippen LogP) is 3.95. The molecule has 4 nitrogen and oxygen atoms in total. The van der Waals surface area contributed by atoms with E-state index in [2.05, 4.69) is 0 Å². The van der Waals surface area contributed by atoms with Crippen molar-refractivity contribution < 1.29 is 4.79 Å². The quantitative estimate of drug-likeness (QED) is 0.783. The summed E-state index contributed by atoms with van der Waals surface area (Å²) in [6, 6.07) is 15.4. The minimum absolute atomic E-state index is 0.144. The van der Waals surface area contributed by atoms with Crippen LogP contribution in [0, 0.1) is 0 Å². The molecular weight excluding hydrogens is 334 g/mol. The van der Waals surface area contributed by atoms with E-state index in [4.69, 9.17) is 16.6 Å². The van der Waals surface area contributed by atoms with Crippen LogP contribution in [0.2, 0.25) is 5.02 Å². The molecular formula is C20H20ClN3O. The van der Waals surface area contributed by atoms with E-state index in [0.29, 0.717) is 10.7 Å². The second kappa shape index (κ2) is 7.11. The van der Waals surface area contributed by atoms with Gasteiger partial charge in [-0.3, -0.25) is 4.79 Å². The third kappa shape index (κ3) is 3.44. The molecule has 1 heterocycles. The normalized spacial score (nSPS) is 15.7. The van der Waals surface area contributed by atoms with E-state index in [1.54, 1.807) is 24.2 Å². The summed E-state index contributed by atoms with van der Waals surface area (Å²) in [6.07, 6.45) is 1.79. The van der Waals surface area contributed by atoms with E-state index in [1.165, 1.54) is 0 Å². The molecule has 1 aliphatic heterocycles. The van der Waals surface area contributed by atoms with Crippen LogP contribution in [0.25, 0.3) is 0 Å². The van der Waals surface area contributed by atoms with Crippen molar-refractivity contribution in [2.45, 2.75) is 6.92 Å². The molecule has 0 bridgehead atoms. The zero-order valence-corrected chi connectivity index (χ0v) is 15.3. The van der Waals surface area contributed by atoms with Gasteiger partial charge in [-0.1, -0.05) is 41.9 Å². The van der Waals surface area contributed by atoms with Crippen LogP contribution < -0.4 is 4.90 Å². The van der Waals surface area contributed by atoms with Crippen molar-refractivity contribution in [1.82, 2.24) is 4.90 Å². The molecule has 0 unspecified atom stereocenters. The number of aliphatic imine (C=N–C) groups is 1. The molecule has 0 atom stereocenters. The Kier molecular flexibility index (Phi) is 4.91. The molecule has 128 valence electrons. The first-order valence-corrected chi connectivity index (χ1v) is 8.53. The van der Waals surface area contributed by atoms with E-state index in [0.717, 1.165) is 29.1 Å². The number of benzodiazepines with no additional fused rings is 1. The molecule has 5 heteroatoms. The fraction of sp³-hybridized carbons (Fsp3) is 0.200. The summed E-state index contributed by atoms with van der Waals surface area (Å²) >= 11 is 6.23. The van der Waals surface area contributed by atoms with Crippen LogP contribution in [0.15, 0.2) is 65.4 Å². The van der Waals surface area contributed by atoms with Gasteiger partial charge in [-0.15, -0.1) is 0 Å². The summed E-state index contributed by atoms with van der Waals surface area (Å²) in [7, 11) is 3.69. The van der Waals surface area contributed by atoms with Crippen LogP contribution in [0.4, 0.5) is 5.69 Å². The number of carbonyl (C=O) groups is 1. The monoisotopic (exact) mass is 353 g/mol. The van der Waals surface area contributed by atoms with Gasteiger partial charge in [0.15, 0.2) is 0 Å². The average Bonchev–Trinajstić information content (AvgIpc) is 2.73. The van der Waals surface area contributed by atoms with Gasteiger partial charge >= 0.3 is 0 Å². The maximum Gasteiger partial charge on any atom is 0.278 e. The van der Waals surface area contributed by atoms with Gasteiger partial charge in [0.05, 0.1) is 11.4 Å². The Balaban J connectivity index is 2.27. The Morgan fingerprint density at radius 3 is 2.60 bits per heavy atom. The van der Waals surface area contributed by atoms with Crippen LogP contribution in [-0.2, 0) is 4.79 Å². The lowest BCUT2D eigenvalue weighted by Crippen LogP contribution is -2.28. The number of anilines is 1. The Bertz CT molecular complexity index is 858. The van der Waals surface area contributed by atoms with Gasteiger partial charge in [0, 0.05) is 43.0 Å². The molecule has 0 N–H and O–H groups in total. The second-order valence-electron chi connectivity index (χ2n) is 5.94. The molecule has 0 fully saturated rings. The first-order valence-electron chi connectivity index (χ1n) is 8.15. The molecule has 25 heavy (non-hydrogen) atoms. The Morgan fingerprint density at radius 2 is 1.92 bits per heavy atom. The highest BCUT2D eigenvalue weighted by molar-refractivity contribution is 6.32. The lowest BCUT2D eigenvalue weighted by molar-refractivity contribution is -0.114. The van der Waals surface area contributed by atoms with Crippen molar-refractivity contribution in [1.29, 1.82) is 0 Å². The van der Waals surface area contributed by atoms with Crippen LogP contribution in [0.3, 0.4) is 0 Å². The molecule has 0 aliphatic carbocycles. The van der Waals surface area contributed by atoms with Gasteiger partial charge in [0.2, 0.25) is 0 Å². The fourth-order valence-corrected chi connectivity index (χ4v) is 2.87. The lowest BCUT2D eigenvalue weighted by Gasteiger charge is -2.19. The number of likely N-dealkylation sites (N-methyl/N-ethyl adjacent to an activating group) is 1.